The second-order valence-electron chi connectivity index (χ2n) is 5.73. The highest BCUT2D eigenvalue weighted by molar-refractivity contribution is 7.13. The van der Waals surface area contributed by atoms with Crippen LogP contribution in [0, 0.1) is 6.92 Å². The minimum absolute atomic E-state index is 0.131. The number of aromatic nitrogens is 1. The van der Waals surface area contributed by atoms with Crippen LogP contribution in [0.5, 0.6) is 0 Å². The van der Waals surface area contributed by atoms with Gasteiger partial charge in [-0.3, -0.25) is 4.79 Å². The van der Waals surface area contributed by atoms with Crippen molar-refractivity contribution in [2.75, 3.05) is 6.54 Å². The van der Waals surface area contributed by atoms with Crippen molar-refractivity contribution in [3.63, 3.8) is 0 Å². The first-order valence-corrected chi connectivity index (χ1v) is 9.36. The molecule has 2 N–H and O–H groups in total. The molecule has 1 amide bonds. The van der Waals surface area contributed by atoms with E-state index in [1.165, 1.54) is 48.4 Å². The average molecular weight is 336 g/mol. The van der Waals surface area contributed by atoms with Crippen LogP contribution >= 0.6 is 22.7 Å². The van der Waals surface area contributed by atoms with Gasteiger partial charge in [-0.15, -0.1) is 11.3 Å². The number of amides is 1. The zero-order valence-electron chi connectivity index (χ0n) is 12.5. The molecule has 1 saturated carbocycles. The lowest BCUT2D eigenvalue weighted by atomic mass is 10.1. The van der Waals surface area contributed by atoms with Crippen molar-refractivity contribution in [3.05, 3.63) is 38.0 Å². The highest BCUT2D eigenvalue weighted by atomic mass is 32.1. The van der Waals surface area contributed by atoms with E-state index in [4.69, 9.17) is 0 Å². The third-order valence-corrected chi connectivity index (χ3v) is 6.13. The number of aryl methyl sites for hydroxylation is 1. The minimum atomic E-state index is -0.655. The van der Waals surface area contributed by atoms with Crippen LogP contribution in [-0.2, 0) is 0 Å². The van der Waals surface area contributed by atoms with Crippen LogP contribution in [0.25, 0.3) is 0 Å². The summed E-state index contributed by atoms with van der Waals surface area (Å²) in [6.07, 6.45) is 4.24. The largest absolute Gasteiger partial charge is 0.387 e. The molecule has 2 aromatic heterocycles. The zero-order valence-corrected chi connectivity index (χ0v) is 14.2. The number of nitrogens with zero attached hydrogens (tertiary/aromatic N) is 1. The van der Waals surface area contributed by atoms with Crippen LogP contribution in [0.15, 0.2) is 16.8 Å². The molecule has 1 aliphatic rings. The number of hydrogen-bond donors (Lipinski definition) is 2. The number of aliphatic hydroxyl groups is 1. The van der Waals surface area contributed by atoms with E-state index < -0.39 is 6.10 Å². The Balaban J connectivity index is 1.62. The van der Waals surface area contributed by atoms with E-state index in [1.54, 1.807) is 0 Å². The number of carbonyl (C=O) groups is 1. The Hall–Kier alpha value is -1.24. The molecule has 2 aromatic rings. The van der Waals surface area contributed by atoms with Crippen LogP contribution in [0.1, 0.15) is 63.6 Å². The number of hydrogen-bond acceptors (Lipinski definition) is 5. The zero-order chi connectivity index (χ0) is 15.5. The molecule has 1 unspecified atom stereocenters. The standard InChI is InChI=1S/C16H20N2O2S2/c1-10-14(22-16(18-10)11-4-2-3-5-11)15(20)17-8-13(19)12-6-7-21-9-12/h6-7,9,11,13,19H,2-5,8H2,1H3,(H,17,20). The van der Waals surface area contributed by atoms with Gasteiger partial charge in [0.15, 0.2) is 0 Å². The van der Waals surface area contributed by atoms with Crippen molar-refractivity contribution in [1.29, 1.82) is 0 Å². The predicted molar refractivity (Wildman–Crippen MR) is 89.7 cm³/mol. The van der Waals surface area contributed by atoms with Crippen molar-refractivity contribution >= 4 is 28.6 Å². The van der Waals surface area contributed by atoms with Gasteiger partial charge in [-0.25, -0.2) is 4.98 Å². The summed E-state index contributed by atoms with van der Waals surface area (Å²) < 4.78 is 0. The van der Waals surface area contributed by atoms with E-state index in [0.717, 1.165) is 16.3 Å². The van der Waals surface area contributed by atoms with Gasteiger partial charge in [0.05, 0.1) is 16.8 Å². The van der Waals surface area contributed by atoms with E-state index in [2.05, 4.69) is 10.3 Å². The molecule has 3 rings (SSSR count). The van der Waals surface area contributed by atoms with E-state index in [-0.39, 0.29) is 12.5 Å². The normalized spacial score (nSPS) is 16.8. The Morgan fingerprint density at radius 2 is 2.27 bits per heavy atom. The smallest absolute Gasteiger partial charge is 0.263 e. The fourth-order valence-electron chi connectivity index (χ4n) is 2.83. The van der Waals surface area contributed by atoms with Crippen molar-refractivity contribution in [3.8, 4) is 0 Å². The Labute approximate surface area is 138 Å². The molecular weight excluding hydrogens is 316 g/mol. The van der Waals surface area contributed by atoms with Crippen LogP contribution in [0.2, 0.25) is 0 Å². The fraction of sp³-hybridized carbons (Fsp3) is 0.500. The van der Waals surface area contributed by atoms with Gasteiger partial charge >= 0.3 is 0 Å². The Kier molecular flexibility index (Phi) is 4.90. The minimum Gasteiger partial charge on any atom is -0.387 e. The number of thiophene rings is 1. The third-order valence-electron chi connectivity index (χ3n) is 4.11. The monoisotopic (exact) mass is 336 g/mol. The van der Waals surface area contributed by atoms with E-state index in [1.807, 2.05) is 23.8 Å². The molecular formula is C16H20N2O2S2. The molecule has 0 saturated heterocycles. The summed E-state index contributed by atoms with van der Waals surface area (Å²) in [5.74, 6) is 0.398. The summed E-state index contributed by atoms with van der Waals surface area (Å²) in [7, 11) is 0. The molecule has 2 heterocycles. The van der Waals surface area contributed by atoms with Gasteiger partial charge in [-0.1, -0.05) is 12.8 Å². The molecule has 0 bridgehead atoms. The Morgan fingerprint density at radius 3 is 2.95 bits per heavy atom. The van der Waals surface area contributed by atoms with Crippen LogP contribution < -0.4 is 5.32 Å². The lowest BCUT2D eigenvalue weighted by Crippen LogP contribution is -2.28. The first kappa shape index (κ1) is 15.6. The number of aliphatic hydroxyl groups excluding tert-OH is 1. The highest BCUT2D eigenvalue weighted by Gasteiger charge is 2.24. The topological polar surface area (TPSA) is 62.2 Å². The summed E-state index contributed by atoms with van der Waals surface area (Å²) in [5.41, 5.74) is 1.65. The molecule has 1 atom stereocenters. The molecule has 0 spiro atoms. The maximum atomic E-state index is 12.3. The molecule has 118 valence electrons. The maximum absolute atomic E-state index is 12.3. The quantitative estimate of drug-likeness (QED) is 0.876. The fourth-order valence-corrected chi connectivity index (χ4v) is 4.69. The number of rotatable bonds is 5. The van der Waals surface area contributed by atoms with Gasteiger partial charge in [0.2, 0.25) is 0 Å². The van der Waals surface area contributed by atoms with Gasteiger partial charge < -0.3 is 10.4 Å². The second-order valence-corrected chi connectivity index (χ2v) is 7.54. The van der Waals surface area contributed by atoms with Crippen LogP contribution in [0.4, 0.5) is 0 Å². The van der Waals surface area contributed by atoms with Crippen molar-refractivity contribution in [2.45, 2.75) is 44.6 Å². The number of thiazole rings is 1. The van der Waals surface area contributed by atoms with Crippen molar-refractivity contribution in [1.82, 2.24) is 10.3 Å². The van der Waals surface area contributed by atoms with Crippen molar-refractivity contribution < 1.29 is 9.90 Å². The SMILES string of the molecule is Cc1nc(C2CCCC2)sc1C(=O)NCC(O)c1ccsc1. The molecule has 1 fully saturated rings. The van der Waals surface area contributed by atoms with Crippen LogP contribution in [0.3, 0.4) is 0 Å². The molecule has 6 heteroatoms. The lowest BCUT2D eigenvalue weighted by molar-refractivity contribution is 0.0920. The van der Waals surface area contributed by atoms with E-state index in [9.17, 15) is 9.90 Å². The summed E-state index contributed by atoms with van der Waals surface area (Å²) in [6, 6.07) is 1.87. The van der Waals surface area contributed by atoms with Gasteiger partial charge in [0.25, 0.3) is 5.91 Å². The van der Waals surface area contributed by atoms with E-state index in [0.29, 0.717) is 10.8 Å². The van der Waals surface area contributed by atoms with Gasteiger partial charge in [0.1, 0.15) is 4.88 Å². The van der Waals surface area contributed by atoms with Crippen molar-refractivity contribution in [2.24, 2.45) is 0 Å². The highest BCUT2D eigenvalue weighted by Crippen LogP contribution is 2.37. The van der Waals surface area contributed by atoms with Gasteiger partial charge in [-0.05, 0) is 42.2 Å². The summed E-state index contributed by atoms with van der Waals surface area (Å²) in [4.78, 5) is 17.6. The first-order valence-electron chi connectivity index (χ1n) is 7.61. The Bertz CT molecular complexity index is 631. The average Bonchev–Trinajstić information content (AvgIpc) is 3.23. The molecule has 0 aliphatic heterocycles. The summed E-state index contributed by atoms with van der Waals surface area (Å²) in [5, 5.41) is 17.8. The lowest BCUT2D eigenvalue weighted by Gasteiger charge is -2.10. The Morgan fingerprint density at radius 1 is 1.50 bits per heavy atom. The molecule has 0 radical (unpaired) electrons. The molecule has 1 aliphatic carbocycles. The molecule has 22 heavy (non-hydrogen) atoms. The van der Waals surface area contributed by atoms with E-state index >= 15 is 0 Å². The second kappa shape index (κ2) is 6.89. The molecule has 0 aromatic carbocycles. The third kappa shape index (κ3) is 3.39. The molecule has 4 nitrogen and oxygen atoms in total. The number of carbonyl (C=O) groups excluding carboxylic acids is 1. The van der Waals surface area contributed by atoms with Gasteiger partial charge in [-0.2, -0.15) is 11.3 Å². The number of nitrogens with one attached hydrogen (secondary N) is 1. The summed E-state index contributed by atoms with van der Waals surface area (Å²) in [6.45, 7) is 2.12. The first-order chi connectivity index (χ1) is 10.6. The van der Waals surface area contributed by atoms with Gasteiger partial charge in [0, 0.05) is 12.5 Å². The predicted octanol–water partition coefficient (Wildman–Crippen LogP) is 3.63. The van der Waals surface area contributed by atoms with Crippen LogP contribution in [-0.4, -0.2) is 22.5 Å². The maximum Gasteiger partial charge on any atom is 0.263 e. The summed E-state index contributed by atoms with van der Waals surface area (Å²) >= 11 is 3.05.